The molecular formula is C13H13NO3. The summed E-state index contributed by atoms with van der Waals surface area (Å²) in [4.78, 5) is 19.4. The Morgan fingerprint density at radius 3 is 2.65 bits per heavy atom. The van der Waals surface area contributed by atoms with Gasteiger partial charge in [-0.05, 0) is 43.5 Å². The Balaban J connectivity index is 0.000000329. The van der Waals surface area contributed by atoms with Gasteiger partial charge in [0.25, 0.3) is 0 Å². The van der Waals surface area contributed by atoms with Gasteiger partial charge in [-0.2, -0.15) is 9.59 Å². The lowest BCUT2D eigenvalue weighted by molar-refractivity contribution is -0.191. The Hall–Kier alpha value is -2.06. The molecule has 3 rings (SSSR count). The fraction of sp³-hybridized carbons (Fsp3) is 0.308. The highest BCUT2D eigenvalue weighted by atomic mass is 16.5. The van der Waals surface area contributed by atoms with Gasteiger partial charge in [0.1, 0.15) is 5.75 Å². The zero-order valence-corrected chi connectivity index (χ0v) is 9.31. The summed E-state index contributed by atoms with van der Waals surface area (Å²) in [7, 11) is 0. The molecule has 1 aliphatic carbocycles. The zero-order valence-electron chi connectivity index (χ0n) is 9.31. The minimum atomic E-state index is 0.250. The van der Waals surface area contributed by atoms with Crippen LogP contribution in [0.4, 0.5) is 0 Å². The number of ether oxygens (including phenoxy) is 1. The quantitative estimate of drug-likeness (QED) is 0.863. The highest BCUT2D eigenvalue weighted by Gasteiger charge is 2.18. The lowest BCUT2D eigenvalue weighted by Crippen LogP contribution is -2.24. The van der Waals surface area contributed by atoms with E-state index in [4.69, 9.17) is 14.3 Å². The number of aromatic amines is 1. The van der Waals surface area contributed by atoms with E-state index in [1.54, 1.807) is 0 Å². The van der Waals surface area contributed by atoms with Crippen LogP contribution < -0.4 is 4.74 Å². The summed E-state index contributed by atoms with van der Waals surface area (Å²) >= 11 is 0. The summed E-state index contributed by atoms with van der Waals surface area (Å²) in [6, 6.07) is 8.29. The van der Waals surface area contributed by atoms with Crippen LogP contribution in [0.3, 0.4) is 0 Å². The summed E-state index contributed by atoms with van der Waals surface area (Å²) in [5.41, 5.74) is 1.17. The van der Waals surface area contributed by atoms with Crippen LogP contribution >= 0.6 is 0 Å². The van der Waals surface area contributed by atoms with Crippen molar-refractivity contribution >= 4 is 17.1 Å². The smallest absolute Gasteiger partial charge is 0.373 e. The average Bonchev–Trinajstić information content (AvgIpc) is 2.71. The van der Waals surface area contributed by atoms with Crippen LogP contribution in [0.15, 0.2) is 30.5 Å². The third kappa shape index (κ3) is 2.74. The second kappa shape index (κ2) is 5.32. The van der Waals surface area contributed by atoms with Gasteiger partial charge in [-0.25, -0.2) is 0 Å². The number of rotatable bonds is 2. The fourth-order valence-electron chi connectivity index (χ4n) is 1.79. The van der Waals surface area contributed by atoms with Gasteiger partial charge < -0.3 is 9.72 Å². The van der Waals surface area contributed by atoms with E-state index < -0.39 is 0 Å². The minimum Gasteiger partial charge on any atom is -0.490 e. The van der Waals surface area contributed by atoms with Crippen LogP contribution in [-0.4, -0.2) is 17.2 Å². The van der Waals surface area contributed by atoms with Gasteiger partial charge >= 0.3 is 6.15 Å². The number of H-pyrrole nitrogens is 1. The van der Waals surface area contributed by atoms with Crippen LogP contribution in [0.5, 0.6) is 5.75 Å². The lowest BCUT2D eigenvalue weighted by Gasteiger charge is -2.26. The van der Waals surface area contributed by atoms with E-state index in [0.29, 0.717) is 6.10 Å². The molecule has 1 aliphatic rings. The van der Waals surface area contributed by atoms with Crippen molar-refractivity contribution in [1.82, 2.24) is 4.98 Å². The molecule has 0 spiro atoms. The monoisotopic (exact) mass is 231 g/mol. The number of benzene rings is 1. The van der Waals surface area contributed by atoms with E-state index in [9.17, 15) is 0 Å². The molecule has 0 unspecified atom stereocenters. The summed E-state index contributed by atoms with van der Waals surface area (Å²) in [6.07, 6.45) is 6.41. The van der Waals surface area contributed by atoms with Gasteiger partial charge in [-0.3, -0.25) is 0 Å². The number of nitrogens with one attached hydrogen (secondary N) is 1. The maximum atomic E-state index is 8.12. The number of carbonyl (C=O) groups excluding carboxylic acids is 2. The molecule has 1 heterocycles. The Morgan fingerprint density at radius 2 is 2.00 bits per heavy atom. The molecule has 0 aliphatic heterocycles. The lowest BCUT2D eigenvalue weighted by atomic mass is 9.96. The molecule has 0 bridgehead atoms. The first-order valence-electron chi connectivity index (χ1n) is 5.56. The molecule has 2 aromatic rings. The maximum absolute atomic E-state index is 8.12. The van der Waals surface area contributed by atoms with Crippen molar-refractivity contribution in [2.75, 3.05) is 0 Å². The zero-order chi connectivity index (χ0) is 12.1. The highest BCUT2D eigenvalue weighted by Crippen LogP contribution is 2.27. The van der Waals surface area contributed by atoms with Crippen molar-refractivity contribution in [3.8, 4) is 5.75 Å². The van der Waals surface area contributed by atoms with E-state index in [-0.39, 0.29) is 6.15 Å². The molecular weight excluding hydrogens is 218 g/mol. The van der Waals surface area contributed by atoms with Crippen molar-refractivity contribution < 1.29 is 14.3 Å². The average molecular weight is 231 g/mol. The number of hydrogen-bond donors (Lipinski definition) is 1. The van der Waals surface area contributed by atoms with Crippen molar-refractivity contribution in [1.29, 1.82) is 0 Å². The summed E-state index contributed by atoms with van der Waals surface area (Å²) in [5.74, 6) is 1.00. The van der Waals surface area contributed by atoms with Crippen LogP contribution in [0.25, 0.3) is 10.9 Å². The topological polar surface area (TPSA) is 59.2 Å². The third-order valence-electron chi connectivity index (χ3n) is 2.88. The maximum Gasteiger partial charge on any atom is 0.373 e. The molecule has 1 aromatic carbocycles. The van der Waals surface area contributed by atoms with Gasteiger partial charge in [0.05, 0.1) is 6.10 Å². The number of aromatic nitrogens is 1. The Bertz CT molecular complexity index is 522. The molecule has 1 aromatic heterocycles. The van der Waals surface area contributed by atoms with E-state index >= 15 is 0 Å². The molecule has 4 heteroatoms. The number of fused-ring (bicyclic) bond motifs is 1. The molecule has 0 radical (unpaired) electrons. The standard InChI is InChI=1S/C12H13NO.CO2/c1-2-10(3-1)14-11-4-5-12-9(8-11)6-7-13-12;2-1-3/h4-8,10,13H,1-3H2;. The Labute approximate surface area is 98.6 Å². The van der Waals surface area contributed by atoms with Gasteiger partial charge in [0, 0.05) is 17.1 Å². The third-order valence-corrected chi connectivity index (χ3v) is 2.88. The summed E-state index contributed by atoms with van der Waals surface area (Å²) in [5, 5.41) is 1.22. The Morgan fingerprint density at radius 1 is 1.24 bits per heavy atom. The molecule has 0 atom stereocenters. The van der Waals surface area contributed by atoms with E-state index in [1.807, 2.05) is 12.3 Å². The molecule has 1 fully saturated rings. The SMILES string of the molecule is O=C=O.c1cc2cc(OC3CCC3)ccc2[nH]1. The van der Waals surface area contributed by atoms with E-state index in [0.717, 1.165) is 5.75 Å². The summed E-state index contributed by atoms with van der Waals surface area (Å²) in [6.45, 7) is 0. The predicted octanol–water partition coefficient (Wildman–Crippen LogP) is 2.52. The second-order valence-electron chi connectivity index (χ2n) is 3.98. The van der Waals surface area contributed by atoms with Gasteiger partial charge in [-0.15, -0.1) is 0 Å². The molecule has 1 N–H and O–H groups in total. The molecule has 0 amide bonds. The minimum absolute atomic E-state index is 0.250. The fourth-order valence-corrected chi connectivity index (χ4v) is 1.79. The van der Waals surface area contributed by atoms with Crippen LogP contribution in [0.2, 0.25) is 0 Å². The largest absolute Gasteiger partial charge is 0.490 e. The molecule has 1 saturated carbocycles. The van der Waals surface area contributed by atoms with Crippen LogP contribution in [-0.2, 0) is 9.59 Å². The predicted molar refractivity (Wildman–Crippen MR) is 61.6 cm³/mol. The van der Waals surface area contributed by atoms with Crippen molar-refractivity contribution in [2.24, 2.45) is 0 Å². The van der Waals surface area contributed by atoms with Crippen LogP contribution in [0, 0.1) is 0 Å². The molecule has 4 nitrogen and oxygen atoms in total. The van der Waals surface area contributed by atoms with Crippen molar-refractivity contribution in [3.05, 3.63) is 30.5 Å². The normalized spacial score (nSPS) is 14.4. The van der Waals surface area contributed by atoms with Crippen molar-refractivity contribution in [3.63, 3.8) is 0 Å². The van der Waals surface area contributed by atoms with Gasteiger partial charge in [-0.1, -0.05) is 0 Å². The van der Waals surface area contributed by atoms with Crippen molar-refractivity contribution in [2.45, 2.75) is 25.4 Å². The van der Waals surface area contributed by atoms with E-state index in [1.165, 1.54) is 30.2 Å². The molecule has 0 saturated heterocycles. The first-order chi connectivity index (χ1) is 8.33. The summed E-state index contributed by atoms with van der Waals surface area (Å²) < 4.78 is 5.81. The van der Waals surface area contributed by atoms with Gasteiger partial charge in [0.15, 0.2) is 0 Å². The first kappa shape index (κ1) is 11.4. The molecule has 17 heavy (non-hydrogen) atoms. The first-order valence-corrected chi connectivity index (χ1v) is 5.56. The Kier molecular flexibility index (Phi) is 3.58. The second-order valence-corrected chi connectivity index (χ2v) is 3.98. The highest BCUT2D eigenvalue weighted by molar-refractivity contribution is 5.80. The number of hydrogen-bond acceptors (Lipinski definition) is 3. The molecule has 88 valence electrons. The van der Waals surface area contributed by atoms with Crippen LogP contribution in [0.1, 0.15) is 19.3 Å². The van der Waals surface area contributed by atoms with Gasteiger partial charge in [0.2, 0.25) is 0 Å². The van der Waals surface area contributed by atoms with E-state index in [2.05, 4.69) is 23.2 Å².